The van der Waals surface area contributed by atoms with E-state index in [-0.39, 0.29) is 23.0 Å². The average molecular weight is 574 g/mol. The summed E-state index contributed by atoms with van der Waals surface area (Å²) in [5, 5.41) is 0. The topological polar surface area (TPSA) is 3.24 Å². The first-order chi connectivity index (χ1) is 20.7. The molecule has 0 unspecified atom stereocenters. The number of fused-ring (bicyclic) bond motifs is 5. The second-order valence-corrected chi connectivity index (χ2v) is 16.0. The quantitative estimate of drug-likeness (QED) is 0.186. The average Bonchev–Trinajstić information content (AvgIpc) is 3.31. The van der Waals surface area contributed by atoms with Gasteiger partial charge in [0.25, 0.3) is 0 Å². The molecule has 0 bridgehead atoms. The minimum atomic E-state index is 0.0186. The van der Waals surface area contributed by atoms with Crippen LogP contribution in [0.4, 0.5) is 17.1 Å². The Balaban J connectivity index is 1.51. The fraction of sp³-hybridized carbons (Fsp3) is 0.286. The van der Waals surface area contributed by atoms with E-state index in [0.29, 0.717) is 0 Å². The van der Waals surface area contributed by atoms with E-state index in [1.165, 1.54) is 72.4 Å². The molecule has 0 radical (unpaired) electrons. The van der Waals surface area contributed by atoms with Gasteiger partial charge in [0.1, 0.15) is 0 Å². The van der Waals surface area contributed by atoms with E-state index in [1.54, 1.807) is 0 Å². The second-order valence-electron chi connectivity index (χ2n) is 16.0. The van der Waals surface area contributed by atoms with Crippen molar-refractivity contribution in [2.75, 3.05) is 4.90 Å². The molecule has 0 saturated heterocycles. The molecule has 1 nitrogen and oxygen atoms in total. The van der Waals surface area contributed by atoms with E-state index >= 15 is 0 Å². The van der Waals surface area contributed by atoms with Crippen molar-refractivity contribution in [3.05, 3.63) is 120 Å². The Kier molecular flexibility index (Phi) is 6.35. The zero-order valence-electron chi connectivity index (χ0n) is 27.8. The Morgan fingerprint density at radius 2 is 1.02 bits per heavy atom. The van der Waals surface area contributed by atoms with Crippen molar-refractivity contribution >= 4 is 40.2 Å². The van der Waals surface area contributed by atoms with E-state index in [1.807, 2.05) is 0 Å². The molecule has 0 N–H and O–H groups in total. The summed E-state index contributed by atoms with van der Waals surface area (Å²) in [6.07, 6.45) is 0. The Morgan fingerprint density at radius 1 is 0.455 bits per heavy atom. The molecule has 0 saturated carbocycles. The van der Waals surface area contributed by atoms with Gasteiger partial charge in [-0.2, -0.15) is 0 Å². The standard InChI is InChI=1S/C42H44BN/c1-40(2,3)29-18-15-27(16-19-29)28-17-21-36-37(23-28)44(32-13-11-10-12-14-32)38-26-31(42(7,8)9)25-34-33-24-30(41(4,5)6)20-22-35(33)43(36)39(34)38/h10-26H,1-9H3. The van der Waals surface area contributed by atoms with Crippen LogP contribution in [0.2, 0.25) is 0 Å². The van der Waals surface area contributed by atoms with Crippen molar-refractivity contribution in [3.63, 3.8) is 0 Å². The van der Waals surface area contributed by atoms with Crippen molar-refractivity contribution in [1.29, 1.82) is 0 Å². The maximum absolute atomic E-state index is 2.53. The van der Waals surface area contributed by atoms with Gasteiger partial charge in [-0.25, -0.2) is 0 Å². The zero-order chi connectivity index (χ0) is 31.2. The van der Waals surface area contributed by atoms with E-state index in [4.69, 9.17) is 0 Å². The molecule has 0 aliphatic carbocycles. The highest BCUT2D eigenvalue weighted by Crippen LogP contribution is 2.44. The lowest BCUT2D eigenvalue weighted by molar-refractivity contribution is 0.589. The van der Waals surface area contributed by atoms with Crippen LogP contribution in [0.5, 0.6) is 0 Å². The Bertz CT molecular complexity index is 1890. The van der Waals surface area contributed by atoms with E-state index in [2.05, 4.69) is 170 Å². The minimum Gasteiger partial charge on any atom is -0.311 e. The summed E-state index contributed by atoms with van der Waals surface area (Å²) in [7, 11) is 0. The molecule has 0 amide bonds. The molecule has 2 heterocycles. The number of benzene rings is 5. The van der Waals surface area contributed by atoms with Gasteiger partial charge in [0.05, 0.1) is 0 Å². The summed E-state index contributed by atoms with van der Waals surface area (Å²) in [4.78, 5) is 2.53. The van der Waals surface area contributed by atoms with Gasteiger partial charge in [-0.1, -0.05) is 147 Å². The Hall–Kier alpha value is -4.04. The number of anilines is 3. The van der Waals surface area contributed by atoms with Crippen molar-refractivity contribution < 1.29 is 0 Å². The maximum atomic E-state index is 2.53. The van der Waals surface area contributed by atoms with Gasteiger partial charge in [0, 0.05) is 17.1 Å². The second kappa shape index (κ2) is 9.73. The fourth-order valence-electron chi connectivity index (χ4n) is 7.08. The Labute approximate surface area is 265 Å². The van der Waals surface area contributed by atoms with Gasteiger partial charge >= 0.3 is 0 Å². The molecule has 2 aliphatic heterocycles. The normalized spacial score (nSPS) is 13.9. The monoisotopic (exact) mass is 573 g/mol. The van der Waals surface area contributed by atoms with Crippen LogP contribution in [-0.2, 0) is 16.2 Å². The minimum absolute atomic E-state index is 0.0186. The Morgan fingerprint density at radius 3 is 1.66 bits per heavy atom. The molecule has 0 spiro atoms. The molecule has 0 aromatic heterocycles. The summed E-state index contributed by atoms with van der Waals surface area (Å²) in [6.45, 7) is 21.0. The predicted molar refractivity (Wildman–Crippen MR) is 193 cm³/mol. The van der Waals surface area contributed by atoms with Crippen molar-refractivity contribution in [1.82, 2.24) is 0 Å². The molecule has 220 valence electrons. The van der Waals surface area contributed by atoms with Gasteiger partial charge in [0.15, 0.2) is 0 Å². The van der Waals surface area contributed by atoms with Gasteiger partial charge < -0.3 is 4.90 Å². The fourth-order valence-corrected chi connectivity index (χ4v) is 7.08. The lowest BCUT2D eigenvalue weighted by atomic mass is 9.37. The van der Waals surface area contributed by atoms with Crippen LogP contribution in [0.1, 0.15) is 79.0 Å². The number of hydrogen-bond acceptors (Lipinski definition) is 1. The van der Waals surface area contributed by atoms with Crippen LogP contribution < -0.4 is 21.3 Å². The molecular weight excluding hydrogens is 529 g/mol. The van der Waals surface area contributed by atoms with Crippen LogP contribution in [0.15, 0.2) is 103 Å². The first-order valence-electron chi connectivity index (χ1n) is 16.1. The molecule has 5 aromatic carbocycles. The lowest BCUT2D eigenvalue weighted by Gasteiger charge is -2.37. The van der Waals surface area contributed by atoms with Gasteiger partial charge in [-0.15, -0.1) is 0 Å². The highest BCUT2D eigenvalue weighted by Gasteiger charge is 2.43. The first kappa shape index (κ1) is 28.7. The molecule has 0 atom stereocenters. The highest BCUT2D eigenvalue weighted by molar-refractivity contribution is 7.01. The molecule has 2 heteroatoms. The molecular formula is C42H44BN. The number of hydrogen-bond donors (Lipinski definition) is 0. The van der Waals surface area contributed by atoms with E-state index in [9.17, 15) is 0 Å². The third-order valence-electron chi connectivity index (χ3n) is 9.76. The summed E-state index contributed by atoms with van der Waals surface area (Å²) in [5.74, 6) is 0. The first-order valence-corrected chi connectivity index (χ1v) is 16.1. The number of para-hydroxylation sites is 1. The number of rotatable bonds is 2. The van der Waals surface area contributed by atoms with E-state index < -0.39 is 0 Å². The third-order valence-corrected chi connectivity index (χ3v) is 9.76. The molecule has 2 aliphatic rings. The van der Waals surface area contributed by atoms with Crippen LogP contribution in [0.25, 0.3) is 22.3 Å². The molecule has 7 rings (SSSR count). The summed E-state index contributed by atoms with van der Waals surface area (Å²) in [5.41, 5.74) is 17.7. The summed E-state index contributed by atoms with van der Waals surface area (Å²) >= 11 is 0. The van der Waals surface area contributed by atoms with Crippen molar-refractivity contribution in [2.24, 2.45) is 0 Å². The third kappa shape index (κ3) is 4.62. The van der Waals surface area contributed by atoms with Crippen LogP contribution >= 0.6 is 0 Å². The predicted octanol–water partition coefficient (Wildman–Crippen LogP) is 9.53. The van der Waals surface area contributed by atoms with Crippen molar-refractivity contribution in [3.8, 4) is 22.3 Å². The van der Waals surface area contributed by atoms with Crippen LogP contribution in [-0.4, -0.2) is 6.71 Å². The highest BCUT2D eigenvalue weighted by atomic mass is 15.2. The summed E-state index contributed by atoms with van der Waals surface area (Å²) < 4.78 is 0. The van der Waals surface area contributed by atoms with Crippen LogP contribution in [0, 0.1) is 0 Å². The van der Waals surface area contributed by atoms with Gasteiger partial charge in [0.2, 0.25) is 6.71 Å². The SMILES string of the molecule is CC(C)(C)c1ccc(-c2ccc3c(c2)N(c2ccccc2)c2cc(C(C)(C)C)cc4c2B3c2ccc(C(C)(C)C)cc2-4)cc1. The summed E-state index contributed by atoms with van der Waals surface area (Å²) in [6, 6.07) is 39.5. The van der Waals surface area contributed by atoms with Gasteiger partial charge in [-0.3, -0.25) is 0 Å². The molecule has 44 heavy (non-hydrogen) atoms. The smallest absolute Gasteiger partial charge is 0.248 e. The molecule has 0 fully saturated rings. The van der Waals surface area contributed by atoms with Crippen molar-refractivity contribution in [2.45, 2.75) is 78.6 Å². The zero-order valence-corrected chi connectivity index (χ0v) is 27.8. The largest absolute Gasteiger partial charge is 0.311 e. The molecule has 5 aromatic rings. The number of nitrogens with zero attached hydrogens (tertiary/aromatic N) is 1. The maximum Gasteiger partial charge on any atom is 0.248 e. The lowest BCUT2D eigenvalue weighted by Crippen LogP contribution is -2.54. The van der Waals surface area contributed by atoms with Crippen LogP contribution in [0.3, 0.4) is 0 Å². The van der Waals surface area contributed by atoms with E-state index in [0.717, 1.165) is 0 Å². The van der Waals surface area contributed by atoms with Gasteiger partial charge in [-0.05, 0) is 90.4 Å².